The van der Waals surface area contributed by atoms with E-state index in [0.29, 0.717) is 18.3 Å². The predicted octanol–water partition coefficient (Wildman–Crippen LogP) is 3.16. The highest BCUT2D eigenvalue weighted by molar-refractivity contribution is 5.06. The van der Waals surface area contributed by atoms with Gasteiger partial charge >= 0.3 is 0 Å². The Hall–Kier alpha value is -0.560. The van der Waals surface area contributed by atoms with Crippen LogP contribution < -0.4 is 0 Å². The first kappa shape index (κ1) is 11.5. The number of allylic oxidation sites excluding steroid dienone is 2. The van der Waals surface area contributed by atoms with E-state index in [0.717, 1.165) is 6.42 Å². The lowest BCUT2D eigenvalue weighted by atomic mass is 9.66. The maximum absolute atomic E-state index is 9.97. The first-order chi connectivity index (χ1) is 6.49. The van der Waals surface area contributed by atoms with Gasteiger partial charge in [0.25, 0.3) is 0 Å². The van der Waals surface area contributed by atoms with Crippen LogP contribution in [0.15, 0.2) is 24.8 Å². The van der Waals surface area contributed by atoms with Gasteiger partial charge in [-0.2, -0.15) is 0 Å². The molecule has 0 aromatic carbocycles. The van der Waals surface area contributed by atoms with E-state index in [4.69, 9.17) is 0 Å². The van der Waals surface area contributed by atoms with E-state index in [-0.39, 0.29) is 11.5 Å². The largest absolute Gasteiger partial charge is 0.392 e. The molecule has 3 unspecified atom stereocenters. The molecule has 0 amide bonds. The van der Waals surface area contributed by atoms with Crippen molar-refractivity contribution in [3.8, 4) is 0 Å². The van der Waals surface area contributed by atoms with E-state index < -0.39 is 0 Å². The Labute approximate surface area is 87.5 Å². The van der Waals surface area contributed by atoms with Gasteiger partial charge in [-0.3, -0.25) is 0 Å². The van der Waals surface area contributed by atoms with Crippen LogP contribution in [-0.2, 0) is 0 Å². The molecule has 3 atom stereocenters. The summed E-state index contributed by atoms with van der Waals surface area (Å²) in [7, 11) is 0. The molecule has 0 heterocycles. The Kier molecular flexibility index (Phi) is 3.54. The minimum atomic E-state index is -0.230. The Balaban J connectivity index is 2.72. The molecule has 0 fully saturated rings. The fraction of sp³-hybridized carbons (Fsp3) is 0.692. The number of rotatable bonds is 3. The smallest absolute Gasteiger partial charge is 0.0608 e. The van der Waals surface area contributed by atoms with E-state index in [1.807, 2.05) is 6.08 Å². The fourth-order valence-electron chi connectivity index (χ4n) is 2.27. The van der Waals surface area contributed by atoms with Gasteiger partial charge in [0.05, 0.1) is 6.10 Å². The molecule has 0 bridgehead atoms. The van der Waals surface area contributed by atoms with Crippen LogP contribution in [0, 0.1) is 17.3 Å². The van der Waals surface area contributed by atoms with Crippen molar-refractivity contribution in [2.75, 3.05) is 0 Å². The van der Waals surface area contributed by atoms with Crippen molar-refractivity contribution in [3.05, 3.63) is 24.8 Å². The SMILES string of the molecule is C=CCC(O)C1CC=CC(C)(C)C1C. The molecular weight excluding hydrogens is 172 g/mol. The van der Waals surface area contributed by atoms with Gasteiger partial charge in [-0.25, -0.2) is 0 Å². The average Bonchev–Trinajstić information content (AvgIpc) is 2.10. The molecule has 1 rings (SSSR count). The fourth-order valence-corrected chi connectivity index (χ4v) is 2.27. The quantitative estimate of drug-likeness (QED) is 0.684. The number of hydrogen-bond donors (Lipinski definition) is 1. The minimum absolute atomic E-state index is 0.213. The van der Waals surface area contributed by atoms with Crippen LogP contribution in [0.3, 0.4) is 0 Å². The molecule has 80 valence electrons. The van der Waals surface area contributed by atoms with Crippen LogP contribution in [0.1, 0.15) is 33.6 Å². The van der Waals surface area contributed by atoms with Crippen LogP contribution in [0.4, 0.5) is 0 Å². The van der Waals surface area contributed by atoms with Gasteiger partial charge in [-0.05, 0) is 30.1 Å². The van der Waals surface area contributed by atoms with Gasteiger partial charge in [0.2, 0.25) is 0 Å². The monoisotopic (exact) mass is 194 g/mol. The standard InChI is InChI=1S/C13H22O/c1-5-7-12(14)11-8-6-9-13(3,4)10(11)2/h5-6,9-12,14H,1,7-8H2,2-4H3. The zero-order valence-electron chi connectivity index (χ0n) is 9.53. The molecule has 1 heteroatoms. The summed E-state index contributed by atoms with van der Waals surface area (Å²) < 4.78 is 0. The second-order valence-electron chi connectivity index (χ2n) is 5.00. The Bertz CT molecular complexity index is 227. The van der Waals surface area contributed by atoms with Gasteiger partial charge in [0.15, 0.2) is 0 Å². The lowest BCUT2D eigenvalue weighted by molar-refractivity contribution is 0.0433. The number of aliphatic hydroxyl groups is 1. The zero-order chi connectivity index (χ0) is 10.8. The van der Waals surface area contributed by atoms with Crippen LogP contribution in [0.5, 0.6) is 0 Å². The van der Waals surface area contributed by atoms with Gasteiger partial charge in [0, 0.05) is 0 Å². The molecule has 0 aromatic rings. The van der Waals surface area contributed by atoms with Crippen LogP contribution in [0.2, 0.25) is 0 Å². The summed E-state index contributed by atoms with van der Waals surface area (Å²) in [5.74, 6) is 0.912. The van der Waals surface area contributed by atoms with Crippen LogP contribution in [0.25, 0.3) is 0 Å². The molecule has 0 aromatic heterocycles. The first-order valence-corrected chi connectivity index (χ1v) is 5.45. The second-order valence-corrected chi connectivity index (χ2v) is 5.00. The van der Waals surface area contributed by atoms with Crippen molar-refractivity contribution in [1.29, 1.82) is 0 Å². The molecular formula is C13H22O. The molecule has 1 N–H and O–H groups in total. The maximum Gasteiger partial charge on any atom is 0.0608 e. The molecule has 1 aliphatic carbocycles. The van der Waals surface area contributed by atoms with E-state index in [1.165, 1.54) is 0 Å². The molecule has 1 nitrogen and oxygen atoms in total. The molecule has 0 radical (unpaired) electrons. The molecule has 0 saturated carbocycles. The first-order valence-electron chi connectivity index (χ1n) is 5.45. The lowest BCUT2D eigenvalue weighted by Gasteiger charge is -2.40. The van der Waals surface area contributed by atoms with Gasteiger partial charge in [0.1, 0.15) is 0 Å². The van der Waals surface area contributed by atoms with E-state index in [9.17, 15) is 5.11 Å². The van der Waals surface area contributed by atoms with E-state index in [2.05, 4.69) is 39.5 Å². The third-order valence-electron chi connectivity index (χ3n) is 3.67. The third kappa shape index (κ3) is 2.27. The molecule has 0 aliphatic heterocycles. The predicted molar refractivity (Wildman–Crippen MR) is 61.0 cm³/mol. The van der Waals surface area contributed by atoms with Crippen molar-refractivity contribution in [1.82, 2.24) is 0 Å². The zero-order valence-corrected chi connectivity index (χ0v) is 9.53. The Morgan fingerprint density at radius 3 is 2.86 bits per heavy atom. The summed E-state index contributed by atoms with van der Waals surface area (Å²) in [6, 6.07) is 0. The highest BCUT2D eigenvalue weighted by atomic mass is 16.3. The highest BCUT2D eigenvalue weighted by Crippen LogP contribution is 2.41. The summed E-state index contributed by atoms with van der Waals surface area (Å²) in [6.07, 6.45) is 7.76. The summed E-state index contributed by atoms with van der Waals surface area (Å²) in [5.41, 5.74) is 0.213. The third-order valence-corrected chi connectivity index (χ3v) is 3.67. The maximum atomic E-state index is 9.97. The molecule has 0 spiro atoms. The van der Waals surface area contributed by atoms with Crippen molar-refractivity contribution >= 4 is 0 Å². The van der Waals surface area contributed by atoms with E-state index in [1.54, 1.807) is 0 Å². The summed E-state index contributed by atoms with van der Waals surface area (Å²) in [6.45, 7) is 10.4. The van der Waals surface area contributed by atoms with Gasteiger partial charge < -0.3 is 5.11 Å². The van der Waals surface area contributed by atoms with Crippen molar-refractivity contribution < 1.29 is 5.11 Å². The average molecular weight is 194 g/mol. The minimum Gasteiger partial charge on any atom is -0.392 e. The highest BCUT2D eigenvalue weighted by Gasteiger charge is 2.35. The number of hydrogen-bond acceptors (Lipinski definition) is 1. The van der Waals surface area contributed by atoms with Crippen LogP contribution >= 0.6 is 0 Å². The summed E-state index contributed by atoms with van der Waals surface area (Å²) in [5, 5.41) is 9.97. The summed E-state index contributed by atoms with van der Waals surface area (Å²) in [4.78, 5) is 0. The van der Waals surface area contributed by atoms with Crippen LogP contribution in [-0.4, -0.2) is 11.2 Å². The summed E-state index contributed by atoms with van der Waals surface area (Å²) >= 11 is 0. The van der Waals surface area contributed by atoms with Crippen molar-refractivity contribution in [2.45, 2.75) is 39.7 Å². The molecule has 0 saturated heterocycles. The molecule has 1 aliphatic rings. The Morgan fingerprint density at radius 2 is 2.29 bits per heavy atom. The van der Waals surface area contributed by atoms with E-state index >= 15 is 0 Å². The normalized spacial score (nSPS) is 32.6. The Morgan fingerprint density at radius 1 is 1.64 bits per heavy atom. The second kappa shape index (κ2) is 4.31. The van der Waals surface area contributed by atoms with Crippen molar-refractivity contribution in [2.24, 2.45) is 17.3 Å². The number of aliphatic hydroxyl groups excluding tert-OH is 1. The van der Waals surface area contributed by atoms with Crippen molar-refractivity contribution in [3.63, 3.8) is 0 Å². The lowest BCUT2D eigenvalue weighted by Crippen LogP contribution is -2.36. The van der Waals surface area contributed by atoms with Gasteiger partial charge in [-0.1, -0.05) is 39.0 Å². The van der Waals surface area contributed by atoms with Gasteiger partial charge in [-0.15, -0.1) is 6.58 Å². The molecule has 14 heavy (non-hydrogen) atoms. The topological polar surface area (TPSA) is 20.2 Å².